The Bertz CT molecular complexity index is 953. The van der Waals surface area contributed by atoms with E-state index < -0.39 is 5.97 Å². The van der Waals surface area contributed by atoms with Crippen molar-refractivity contribution in [1.29, 1.82) is 0 Å². The van der Waals surface area contributed by atoms with Gasteiger partial charge in [0.1, 0.15) is 0 Å². The minimum Gasteiger partial charge on any atom is -0.478 e. The largest absolute Gasteiger partial charge is 0.478 e. The molecule has 1 aromatic rings. The van der Waals surface area contributed by atoms with Crippen LogP contribution >= 0.6 is 0 Å². The number of aromatic carboxylic acids is 1. The number of pyridine rings is 1. The number of carboxylic acid groups (broad SMARTS) is 1. The summed E-state index contributed by atoms with van der Waals surface area (Å²) < 4.78 is 5.80. The molecule has 4 aliphatic carbocycles. The molecular weight excluding hydrogens is 454 g/mol. The molecule has 4 aliphatic rings. The van der Waals surface area contributed by atoms with Crippen molar-refractivity contribution in [3.05, 3.63) is 23.9 Å². The second-order valence-electron chi connectivity index (χ2n) is 12.9. The van der Waals surface area contributed by atoms with Crippen LogP contribution in [-0.2, 0) is 0 Å². The molecule has 0 spiro atoms. The molecule has 36 heavy (non-hydrogen) atoms. The highest BCUT2D eigenvalue weighted by molar-refractivity contribution is 5.85. The van der Waals surface area contributed by atoms with Crippen LogP contribution in [0, 0.1) is 46.3 Å². The lowest BCUT2D eigenvalue weighted by Gasteiger charge is -2.64. The van der Waals surface area contributed by atoms with Crippen LogP contribution in [0.4, 0.5) is 0 Å². The Morgan fingerprint density at radius 1 is 1.06 bits per heavy atom. The Labute approximate surface area is 215 Å². The molecule has 0 unspecified atom stereocenters. The summed E-state index contributed by atoms with van der Waals surface area (Å²) in [6, 6.07) is 4.86. The van der Waals surface area contributed by atoms with Crippen molar-refractivity contribution in [2.75, 3.05) is 6.61 Å². The van der Waals surface area contributed by atoms with Gasteiger partial charge in [-0.05, 0) is 110 Å². The summed E-state index contributed by atoms with van der Waals surface area (Å²) in [5.74, 6) is 2.24. The second-order valence-corrected chi connectivity index (χ2v) is 12.9. The number of ether oxygens (including phenoxy) is 1. The number of fused-ring (bicyclic) bond motifs is 5. The zero-order chi connectivity index (χ0) is 25.7. The number of aliphatic hydroxyl groups excluding tert-OH is 2. The van der Waals surface area contributed by atoms with Crippen molar-refractivity contribution < 1.29 is 24.9 Å². The molecule has 3 N–H and O–H groups in total. The fraction of sp³-hybridized carbons (Fsp3) is 0.800. The maximum absolute atomic E-state index is 11.8. The van der Waals surface area contributed by atoms with E-state index in [1.807, 2.05) is 0 Å². The molecular formula is C30H45NO5. The Morgan fingerprint density at radius 2 is 1.81 bits per heavy atom. The quantitative estimate of drug-likeness (QED) is 0.425. The Morgan fingerprint density at radius 3 is 2.56 bits per heavy atom. The van der Waals surface area contributed by atoms with Gasteiger partial charge in [-0.1, -0.05) is 33.3 Å². The van der Waals surface area contributed by atoms with Crippen molar-refractivity contribution in [2.24, 2.45) is 46.3 Å². The Hall–Kier alpha value is -1.66. The van der Waals surface area contributed by atoms with E-state index in [1.54, 1.807) is 12.1 Å². The SMILES string of the molecule is CC[C@H]1[C@@H](O)[C@@H]2[C@H](CC[C@]3(C)[C@@H](CCCOc4cccc(C(=O)O)n4)CC[C@@H]23)[C@@]2(C)CC[C@@H](O)C[C@@H]12. The lowest BCUT2D eigenvalue weighted by atomic mass is 9.41. The van der Waals surface area contributed by atoms with Gasteiger partial charge in [0, 0.05) is 6.07 Å². The zero-order valence-corrected chi connectivity index (χ0v) is 22.2. The number of nitrogens with zero attached hydrogens (tertiary/aromatic N) is 1. The smallest absolute Gasteiger partial charge is 0.354 e. The standard InChI is InChI=1S/C30H45NO5/c1-4-20-23-17-19(32)12-14-30(23,3)22-13-15-29(2)18(10-11-21(29)26(22)27(20)33)7-6-16-36-25-9-5-8-24(31-25)28(34)35/h5,8-9,18-23,26-27,32-33H,4,6-7,10-17H2,1-3H3,(H,34,35)/t18-,19+,20+,21-,22-,23-,26-,27+,29+,30+/m0/s1. The van der Waals surface area contributed by atoms with Gasteiger partial charge in [0.05, 0.1) is 18.8 Å². The van der Waals surface area contributed by atoms with Gasteiger partial charge in [-0.3, -0.25) is 0 Å². The average molecular weight is 500 g/mol. The van der Waals surface area contributed by atoms with Gasteiger partial charge in [-0.2, -0.15) is 0 Å². The van der Waals surface area contributed by atoms with Gasteiger partial charge in [0.15, 0.2) is 5.69 Å². The van der Waals surface area contributed by atoms with Gasteiger partial charge < -0.3 is 20.1 Å². The molecule has 0 saturated heterocycles. The van der Waals surface area contributed by atoms with Gasteiger partial charge >= 0.3 is 5.97 Å². The first-order valence-electron chi connectivity index (χ1n) is 14.4. The van der Waals surface area contributed by atoms with E-state index >= 15 is 0 Å². The van der Waals surface area contributed by atoms with Crippen molar-refractivity contribution in [1.82, 2.24) is 4.98 Å². The number of aliphatic hydroxyl groups is 2. The molecule has 1 heterocycles. The topological polar surface area (TPSA) is 99.9 Å². The van der Waals surface area contributed by atoms with Crippen molar-refractivity contribution in [3.63, 3.8) is 0 Å². The maximum Gasteiger partial charge on any atom is 0.354 e. The average Bonchev–Trinajstić information content (AvgIpc) is 3.19. The van der Waals surface area contributed by atoms with E-state index in [1.165, 1.54) is 31.7 Å². The Balaban J connectivity index is 1.25. The number of aromatic nitrogens is 1. The summed E-state index contributed by atoms with van der Waals surface area (Å²) in [5.41, 5.74) is 0.517. The molecule has 6 nitrogen and oxygen atoms in total. The van der Waals surface area contributed by atoms with Crippen LogP contribution in [0.1, 0.15) is 95.5 Å². The summed E-state index contributed by atoms with van der Waals surface area (Å²) in [5, 5.41) is 31.4. The highest BCUT2D eigenvalue weighted by atomic mass is 16.5. The van der Waals surface area contributed by atoms with E-state index in [0.717, 1.165) is 38.5 Å². The van der Waals surface area contributed by atoms with Crippen molar-refractivity contribution >= 4 is 5.97 Å². The third-order valence-electron chi connectivity index (χ3n) is 11.5. The van der Waals surface area contributed by atoms with Gasteiger partial charge in [0.2, 0.25) is 5.88 Å². The molecule has 0 amide bonds. The minimum atomic E-state index is -1.04. The molecule has 200 valence electrons. The summed E-state index contributed by atoms with van der Waals surface area (Å²) >= 11 is 0. The summed E-state index contributed by atoms with van der Waals surface area (Å²) in [7, 11) is 0. The zero-order valence-electron chi connectivity index (χ0n) is 22.2. The first-order chi connectivity index (χ1) is 17.2. The predicted octanol–water partition coefficient (Wildman–Crippen LogP) is 5.57. The van der Waals surface area contributed by atoms with E-state index in [2.05, 4.69) is 25.8 Å². The first kappa shape index (κ1) is 26.0. The lowest BCUT2D eigenvalue weighted by molar-refractivity contribution is -0.202. The van der Waals surface area contributed by atoms with Crippen LogP contribution in [0.25, 0.3) is 0 Å². The maximum atomic E-state index is 11.8. The van der Waals surface area contributed by atoms with Crippen LogP contribution in [0.15, 0.2) is 18.2 Å². The van der Waals surface area contributed by atoms with Gasteiger partial charge in [-0.25, -0.2) is 9.78 Å². The molecule has 0 aromatic carbocycles. The van der Waals surface area contributed by atoms with E-state index in [-0.39, 0.29) is 28.7 Å². The Kier molecular flexibility index (Phi) is 7.14. The monoisotopic (exact) mass is 499 g/mol. The lowest BCUT2D eigenvalue weighted by Crippen LogP contribution is -2.62. The molecule has 0 aliphatic heterocycles. The molecule has 10 atom stereocenters. The number of carboxylic acids is 1. The predicted molar refractivity (Wildman–Crippen MR) is 138 cm³/mol. The van der Waals surface area contributed by atoms with Gasteiger partial charge in [0.25, 0.3) is 0 Å². The highest BCUT2D eigenvalue weighted by Crippen LogP contribution is 2.69. The fourth-order valence-electron chi connectivity index (χ4n) is 9.66. The normalized spacial score (nSPS) is 43.8. The molecule has 4 saturated carbocycles. The van der Waals surface area contributed by atoms with Crippen LogP contribution in [0.3, 0.4) is 0 Å². The van der Waals surface area contributed by atoms with E-state index in [9.17, 15) is 15.0 Å². The number of rotatable bonds is 7. The number of hydrogen-bond donors (Lipinski definition) is 3. The second kappa shape index (κ2) is 9.90. The van der Waals surface area contributed by atoms with E-state index in [4.69, 9.17) is 9.84 Å². The summed E-state index contributed by atoms with van der Waals surface area (Å²) in [6.45, 7) is 7.77. The van der Waals surface area contributed by atoms with E-state index in [0.29, 0.717) is 48.0 Å². The summed E-state index contributed by atoms with van der Waals surface area (Å²) in [4.78, 5) is 15.2. The fourth-order valence-corrected chi connectivity index (χ4v) is 9.66. The number of hydrogen-bond acceptors (Lipinski definition) is 5. The van der Waals surface area contributed by atoms with Crippen molar-refractivity contribution in [3.8, 4) is 5.88 Å². The third kappa shape index (κ3) is 4.26. The molecule has 4 fully saturated rings. The molecule has 0 bridgehead atoms. The molecule has 5 rings (SSSR count). The highest BCUT2D eigenvalue weighted by Gasteiger charge is 2.64. The van der Waals surface area contributed by atoms with Crippen molar-refractivity contribution in [2.45, 2.75) is 97.2 Å². The molecule has 0 radical (unpaired) electrons. The number of carbonyl (C=O) groups is 1. The van der Waals surface area contributed by atoms with Crippen LogP contribution in [0.2, 0.25) is 0 Å². The van der Waals surface area contributed by atoms with Crippen LogP contribution in [0.5, 0.6) is 5.88 Å². The summed E-state index contributed by atoms with van der Waals surface area (Å²) in [6.07, 6.45) is 10.3. The van der Waals surface area contributed by atoms with Gasteiger partial charge in [-0.15, -0.1) is 0 Å². The third-order valence-corrected chi connectivity index (χ3v) is 11.5. The molecule has 6 heteroatoms. The first-order valence-corrected chi connectivity index (χ1v) is 14.4. The van der Waals surface area contributed by atoms with Crippen LogP contribution in [-0.4, -0.2) is 45.1 Å². The molecule has 1 aromatic heterocycles. The minimum absolute atomic E-state index is 0.00948. The van der Waals surface area contributed by atoms with Crippen LogP contribution < -0.4 is 4.74 Å².